The first-order valence-electron chi connectivity index (χ1n) is 22.5. The van der Waals surface area contributed by atoms with Crippen molar-refractivity contribution in [2.24, 2.45) is 0 Å². The van der Waals surface area contributed by atoms with Crippen molar-refractivity contribution in [1.82, 2.24) is 0 Å². The molecule has 0 fully saturated rings. The van der Waals surface area contributed by atoms with Gasteiger partial charge in [0.05, 0.1) is 6.61 Å². The van der Waals surface area contributed by atoms with Crippen LogP contribution >= 0.6 is 0 Å². The number of rotatable bonds is 42. The highest BCUT2D eigenvalue weighted by molar-refractivity contribution is 5.69. The molecule has 0 rings (SSSR count). The highest BCUT2D eigenvalue weighted by Gasteiger charge is 2.03. The fourth-order valence-corrected chi connectivity index (χ4v) is 6.78. The molecule has 0 aromatic carbocycles. The van der Waals surface area contributed by atoms with E-state index in [1.807, 2.05) is 0 Å². The highest BCUT2D eigenvalue weighted by Crippen LogP contribution is 2.16. The Labute approximate surface area is 314 Å². The van der Waals surface area contributed by atoms with Gasteiger partial charge in [0.25, 0.3) is 0 Å². The van der Waals surface area contributed by atoms with Gasteiger partial charge in [-0.3, -0.25) is 4.79 Å². The number of aliphatic hydroxyl groups excluding tert-OH is 1. The van der Waals surface area contributed by atoms with E-state index < -0.39 is 0 Å². The van der Waals surface area contributed by atoms with Crippen molar-refractivity contribution in [3.8, 4) is 0 Å². The van der Waals surface area contributed by atoms with Crippen molar-refractivity contribution in [2.45, 2.75) is 244 Å². The zero-order valence-electron chi connectivity index (χ0n) is 33.8. The van der Waals surface area contributed by atoms with Crippen LogP contribution in [0.5, 0.6) is 0 Å². The molecule has 0 aliphatic heterocycles. The monoisotopic (exact) mass is 701 g/mol. The lowest BCUT2D eigenvalue weighted by Crippen LogP contribution is -2.05. The molecule has 0 bridgehead atoms. The largest absolute Gasteiger partial charge is 0.466 e. The predicted octanol–water partition coefficient (Wildman–Crippen LogP) is 15.6. The van der Waals surface area contributed by atoms with E-state index in [1.165, 1.54) is 186 Å². The number of esters is 1. The molecule has 0 aromatic heterocycles. The fourth-order valence-electron chi connectivity index (χ4n) is 6.78. The summed E-state index contributed by atoms with van der Waals surface area (Å²) in [7, 11) is 0. The molecule has 50 heavy (non-hydrogen) atoms. The standard InChI is InChI=1S/C47H88O3/c1-2-3-4-5-6-7-8-9-23-26-29-32-35-38-41-44-47(49)50-46-43-40-37-34-31-28-25-22-20-18-16-14-12-10-11-13-15-17-19-21-24-27-30-33-36-39-42-45-48/h3-4,6-7,9,23,48H,2,5,8,10-22,24-46H2,1H3/b4-3-,7-6-,23-9-. The third kappa shape index (κ3) is 44.7. The first kappa shape index (κ1) is 48.6. The molecule has 294 valence electrons. The normalized spacial score (nSPS) is 12.0. The molecule has 1 N–H and O–H groups in total. The summed E-state index contributed by atoms with van der Waals surface area (Å²) >= 11 is 0. The number of hydrogen-bond donors (Lipinski definition) is 1. The van der Waals surface area contributed by atoms with Gasteiger partial charge in [-0.05, 0) is 51.4 Å². The van der Waals surface area contributed by atoms with Gasteiger partial charge in [0, 0.05) is 13.0 Å². The maximum atomic E-state index is 12.0. The Hall–Kier alpha value is -1.35. The van der Waals surface area contributed by atoms with Crippen molar-refractivity contribution in [3.05, 3.63) is 36.5 Å². The molecule has 3 nitrogen and oxygen atoms in total. The van der Waals surface area contributed by atoms with E-state index in [0.717, 1.165) is 44.9 Å². The molecule has 0 heterocycles. The van der Waals surface area contributed by atoms with Gasteiger partial charge in [0.2, 0.25) is 0 Å². The van der Waals surface area contributed by atoms with Gasteiger partial charge in [0.1, 0.15) is 0 Å². The molecule has 3 heteroatoms. The Morgan fingerprint density at radius 3 is 1.12 bits per heavy atom. The lowest BCUT2D eigenvalue weighted by Gasteiger charge is -2.06. The second kappa shape index (κ2) is 45.7. The van der Waals surface area contributed by atoms with E-state index in [1.54, 1.807) is 0 Å². The van der Waals surface area contributed by atoms with Crippen molar-refractivity contribution < 1.29 is 14.6 Å². The predicted molar refractivity (Wildman–Crippen MR) is 222 cm³/mol. The summed E-state index contributed by atoms with van der Waals surface area (Å²) in [5, 5.41) is 8.81. The maximum absolute atomic E-state index is 12.0. The third-order valence-corrected chi connectivity index (χ3v) is 10.1. The molecule has 0 aliphatic carbocycles. The van der Waals surface area contributed by atoms with Crippen LogP contribution in [0.2, 0.25) is 0 Å². The van der Waals surface area contributed by atoms with Crippen molar-refractivity contribution in [1.29, 1.82) is 0 Å². The number of carbonyl (C=O) groups is 1. The smallest absolute Gasteiger partial charge is 0.305 e. The van der Waals surface area contributed by atoms with Gasteiger partial charge in [-0.25, -0.2) is 0 Å². The average molecular weight is 701 g/mol. The van der Waals surface area contributed by atoms with Crippen LogP contribution in [0.3, 0.4) is 0 Å². The zero-order valence-corrected chi connectivity index (χ0v) is 33.8. The summed E-state index contributed by atoms with van der Waals surface area (Å²) < 4.78 is 5.46. The highest BCUT2D eigenvalue weighted by atomic mass is 16.5. The van der Waals surface area contributed by atoms with Crippen molar-refractivity contribution in [3.63, 3.8) is 0 Å². The van der Waals surface area contributed by atoms with Crippen LogP contribution in [0.1, 0.15) is 244 Å². The minimum atomic E-state index is 0.00646. The van der Waals surface area contributed by atoms with Crippen molar-refractivity contribution >= 4 is 5.97 Å². The number of allylic oxidation sites excluding steroid dienone is 6. The molecule has 0 aromatic rings. The summed E-state index contributed by atoms with van der Waals surface area (Å²) in [6, 6.07) is 0. The Kier molecular flexibility index (Phi) is 44.4. The van der Waals surface area contributed by atoms with Crippen LogP contribution in [0.15, 0.2) is 36.5 Å². The molecular formula is C47H88O3. The lowest BCUT2D eigenvalue weighted by atomic mass is 10.0. The molecular weight excluding hydrogens is 613 g/mol. The van der Waals surface area contributed by atoms with Crippen LogP contribution in [-0.2, 0) is 9.53 Å². The van der Waals surface area contributed by atoms with Gasteiger partial charge >= 0.3 is 5.97 Å². The Morgan fingerprint density at radius 2 is 0.720 bits per heavy atom. The molecule has 0 aliphatic rings. The van der Waals surface area contributed by atoms with E-state index in [2.05, 4.69) is 43.4 Å². The van der Waals surface area contributed by atoms with Gasteiger partial charge in [-0.15, -0.1) is 0 Å². The van der Waals surface area contributed by atoms with Crippen LogP contribution in [0.4, 0.5) is 0 Å². The van der Waals surface area contributed by atoms with Crippen LogP contribution in [0.25, 0.3) is 0 Å². The average Bonchev–Trinajstić information content (AvgIpc) is 3.12. The summed E-state index contributed by atoms with van der Waals surface area (Å²) in [5.74, 6) is 0.00646. The van der Waals surface area contributed by atoms with Gasteiger partial charge < -0.3 is 9.84 Å². The summed E-state index contributed by atoms with van der Waals surface area (Å²) in [5.41, 5.74) is 0. The number of aliphatic hydroxyl groups is 1. The van der Waals surface area contributed by atoms with E-state index in [-0.39, 0.29) is 5.97 Å². The number of carbonyl (C=O) groups excluding carboxylic acids is 1. The molecule has 0 amide bonds. The second-order valence-electron chi connectivity index (χ2n) is 15.1. The number of ether oxygens (including phenoxy) is 1. The first-order valence-corrected chi connectivity index (χ1v) is 22.5. The first-order chi connectivity index (χ1) is 24.8. The second-order valence-corrected chi connectivity index (χ2v) is 15.1. The zero-order chi connectivity index (χ0) is 36.1. The third-order valence-electron chi connectivity index (χ3n) is 10.1. The minimum absolute atomic E-state index is 0.00646. The quantitative estimate of drug-likeness (QED) is 0.0392. The maximum Gasteiger partial charge on any atom is 0.305 e. The topological polar surface area (TPSA) is 46.5 Å². The van der Waals surface area contributed by atoms with E-state index >= 15 is 0 Å². The Morgan fingerprint density at radius 1 is 0.400 bits per heavy atom. The molecule has 0 atom stereocenters. The van der Waals surface area contributed by atoms with E-state index in [9.17, 15) is 4.79 Å². The molecule has 0 radical (unpaired) electrons. The Balaban J connectivity index is 3.18. The molecule has 0 saturated heterocycles. The summed E-state index contributed by atoms with van der Waals surface area (Å²) in [6.07, 6.45) is 61.3. The SMILES string of the molecule is CC/C=C\C/C=C\C/C=C\CCCCCCCC(=O)OCCCCCCCCCCCCCCCCCCCCCCCCCCCCCO. The van der Waals surface area contributed by atoms with Gasteiger partial charge in [0.15, 0.2) is 0 Å². The van der Waals surface area contributed by atoms with E-state index in [4.69, 9.17) is 9.84 Å². The molecule has 0 unspecified atom stereocenters. The number of unbranched alkanes of at least 4 members (excludes halogenated alkanes) is 31. The summed E-state index contributed by atoms with van der Waals surface area (Å²) in [6.45, 7) is 3.15. The molecule has 0 saturated carbocycles. The van der Waals surface area contributed by atoms with E-state index in [0.29, 0.717) is 19.6 Å². The van der Waals surface area contributed by atoms with Crippen LogP contribution in [0, 0.1) is 0 Å². The van der Waals surface area contributed by atoms with Gasteiger partial charge in [-0.1, -0.05) is 223 Å². The number of hydrogen-bond acceptors (Lipinski definition) is 3. The minimum Gasteiger partial charge on any atom is -0.466 e. The molecule has 0 spiro atoms. The van der Waals surface area contributed by atoms with Gasteiger partial charge in [-0.2, -0.15) is 0 Å². The fraction of sp³-hybridized carbons (Fsp3) is 0.851. The van der Waals surface area contributed by atoms with Crippen LogP contribution < -0.4 is 0 Å². The summed E-state index contributed by atoms with van der Waals surface area (Å²) in [4.78, 5) is 12.0. The Bertz CT molecular complexity index is 724. The van der Waals surface area contributed by atoms with Crippen LogP contribution in [-0.4, -0.2) is 24.3 Å². The van der Waals surface area contributed by atoms with Crippen molar-refractivity contribution in [2.75, 3.05) is 13.2 Å². The lowest BCUT2D eigenvalue weighted by molar-refractivity contribution is -0.143.